The van der Waals surface area contributed by atoms with E-state index in [1.165, 1.54) is 12.0 Å². The van der Waals surface area contributed by atoms with E-state index < -0.39 is 0 Å². The second-order valence-electron chi connectivity index (χ2n) is 8.45. The molecule has 0 radical (unpaired) electrons. The molecule has 0 bridgehead atoms. The lowest BCUT2D eigenvalue weighted by molar-refractivity contribution is 0.0951. The lowest BCUT2D eigenvalue weighted by Crippen LogP contribution is -2.39. The van der Waals surface area contributed by atoms with Gasteiger partial charge < -0.3 is 20.4 Å². The first-order valence-corrected chi connectivity index (χ1v) is 11.1. The van der Waals surface area contributed by atoms with E-state index in [0.29, 0.717) is 24.6 Å². The van der Waals surface area contributed by atoms with Gasteiger partial charge >= 0.3 is 0 Å². The maximum Gasteiger partial charge on any atom is 0.251 e. The molecule has 1 fully saturated rings. The summed E-state index contributed by atoms with van der Waals surface area (Å²) in [5, 5.41) is 6.44. The summed E-state index contributed by atoms with van der Waals surface area (Å²) in [6, 6.07) is 18.5. The van der Waals surface area contributed by atoms with Gasteiger partial charge in [0.05, 0.1) is 0 Å². The molecular formula is C25H36IN5O. The Morgan fingerprint density at radius 1 is 1.09 bits per heavy atom. The summed E-state index contributed by atoms with van der Waals surface area (Å²) in [5.74, 6) is 1.54. The molecule has 7 heteroatoms. The van der Waals surface area contributed by atoms with Gasteiger partial charge in [0, 0.05) is 45.3 Å². The Morgan fingerprint density at radius 2 is 1.84 bits per heavy atom. The average Bonchev–Trinajstić information content (AvgIpc) is 3.23. The fourth-order valence-electron chi connectivity index (χ4n) is 3.97. The minimum Gasteiger partial charge on any atom is -0.352 e. The van der Waals surface area contributed by atoms with Gasteiger partial charge in [-0.1, -0.05) is 42.5 Å². The monoisotopic (exact) mass is 549 g/mol. The molecule has 2 aromatic carbocycles. The summed E-state index contributed by atoms with van der Waals surface area (Å²) in [7, 11) is 5.83. The summed E-state index contributed by atoms with van der Waals surface area (Å²) in [6.07, 6.45) is 2.29. The molecule has 32 heavy (non-hydrogen) atoms. The predicted molar refractivity (Wildman–Crippen MR) is 143 cm³/mol. The molecule has 174 valence electrons. The minimum absolute atomic E-state index is 0. The van der Waals surface area contributed by atoms with E-state index in [4.69, 9.17) is 0 Å². The van der Waals surface area contributed by atoms with Gasteiger partial charge in [0.25, 0.3) is 5.91 Å². The lowest BCUT2D eigenvalue weighted by atomic mass is 9.99. The van der Waals surface area contributed by atoms with Gasteiger partial charge in [-0.15, -0.1) is 24.0 Å². The molecule has 0 saturated carbocycles. The molecule has 1 amide bonds. The molecule has 0 spiro atoms. The number of amides is 1. The second kappa shape index (κ2) is 13.4. The standard InChI is InChI=1S/C25H35N5O.HI/c1-26-25(30-14-12-22(19-30)16-20-8-5-4-6-9-20)28-18-21-10-7-11-23(17-21)24(31)27-13-15-29(2)3;/h4-11,17,22H,12-16,18-19H2,1-3H3,(H,26,28)(H,27,31);1H. The zero-order chi connectivity index (χ0) is 22.1. The Kier molecular flexibility index (Phi) is 11.0. The van der Waals surface area contributed by atoms with Crippen molar-refractivity contribution in [1.82, 2.24) is 20.4 Å². The fourth-order valence-corrected chi connectivity index (χ4v) is 3.97. The summed E-state index contributed by atoms with van der Waals surface area (Å²) >= 11 is 0. The minimum atomic E-state index is -0.0311. The van der Waals surface area contributed by atoms with Crippen LogP contribution in [-0.4, -0.2) is 69.0 Å². The molecule has 1 aliphatic heterocycles. The van der Waals surface area contributed by atoms with Crippen molar-refractivity contribution in [2.45, 2.75) is 19.4 Å². The van der Waals surface area contributed by atoms with E-state index in [-0.39, 0.29) is 29.9 Å². The third-order valence-electron chi connectivity index (χ3n) is 5.65. The van der Waals surface area contributed by atoms with Crippen molar-refractivity contribution in [3.05, 3.63) is 71.3 Å². The highest BCUT2D eigenvalue weighted by Crippen LogP contribution is 2.21. The zero-order valence-electron chi connectivity index (χ0n) is 19.4. The van der Waals surface area contributed by atoms with Crippen LogP contribution >= 0.6 is 24.0 Å². The van der Waals surface area contributed by atoms with Crippen LogP contribution in [0.5, 0.6) is 0 Å². The molecule has 1 unspecified atom stereocenters. The van der Waals surface area contributed by atoms with E-state index in [0.717, 1.165) is 37.6 Å². The van der Waals surface area contributed by atoms with E-state index in [9.17, 15) is 4.79 Å². The number of guanidine groups is 1. The van der Waals surface area contributed by atoms with E-state index in [1.807, 2.05) is 45.4 Å². The van der Waals surface area contributed by atoms with Crippen molar-refractivity contribution in [3.63, 3.8) is 0 Å². The average molecular weight is 550 g/mol. The van der Waals surface area contributed by atoms with Crippen LogP contribution in [0.4, 0.5) is 0 Å². The number of aliphatic imine (C=N–C) groups is 1. The first-order chi connectivity index (χ1) is 15.0. The summed E-state index contributed by atoms with van der Waals surface area (Å²) in [4.78, 5) is 21.3. The summed E-state index contributed by atoms with van der Waals surface area (Å²) in [6.45, 7) is 4.14. The van der Waals surface area contributed by atoms with Crippen LogP contribution in [0.25, 0.3) is 0 Å². The number of nitrogens with one attached hydrogen (secondary N) is 2. The normalized spacial score (nSPS) is 16.1. The van der Waals surface area contributed by atoms with Gasteiger partial charge in [0.1, 0.15) is 0 Å². The zero-order valence-corrected chi connectivity index (χ0v) is 21.7. The van der Waals surface area contributed by atoms with Crippen molar-refractivity contribution < 1.29 is 4.79 Å². The van der Waals surface area contributed by atoms with Crippen molar-refractivity contribution in [2.75, 3.05) is 47.3 Å². The number of likely N-dealkylation sites (tertiary alicyclic amines) is 1. The van der Waals surface area contributed by atoms with Crippen LogP contribution in [-0.2, 0) is 13.0 Å². The third kappa shape index (κ3) is 8.09. The van der Waals surface area contributed by atoms with Crippen molar-refractivity contribution in [2.24, 2.45) is 10.9 Å². The van der Waals surface area contributed by atoms with Gasteiger partial charge in [-0.3, -0.25) is 9.79 Å². The Bertz CT molecular complexity index is 872. The van der Waals surface area contributed by atoms with Crippen molar-refractivity contribution in [1.29, 1.82) is 0 Å². The highest BCUT2D eigenvalue weighted by Gasteiger charge is 2.24. The van der Waals surface area contributed by atoms with Crippen molar-refractivity contribution in [3.8, 4) is 0 Å². The first-order valence-electron chi connectivity index (χ1n) is 11.1. The SMILES string of the molecule is CN=C(NCc1cccc(C(=O)NCCN(C)C)c1)N1CCC(Cc2ccccc2)C1.I. The molecule has 2 N–H and O–H groups in total. The quantitative estimate of drug-likeness (QED) is 0.302. The van der Waals surface area contributed by atoms with Crippen LogP contribution in [0.3, 0.4) is 0 Å². The molecule has 1 heterocycles. The third-order valence-corrected chi connectivity index (χ3v) is 5.65. The van der Waals surface area contributed by atoms with Gasteiger partial charge in [-0.2, -0.15) is 0 Å². The Balaban J connectivity index is 0.00000363. The van der Waals surface area contributed by atoms with Crippen LogP contribution in [0.1, 0.15) is 27.9 Å². The molecule has 0 aromatic heterocycles. The van der Waals surface area contributed by atoms with E-state index in [1.54, 1.807) is 0 Å². The first kappa shape index (κ1) is 26.1. The van der Waals surface area contributed by atoms with E-state index >= 15 is 0 Å². The summed E-state index contributed by atoms with van der Waals surface area (Å²) in [5.41, 5.74) is 3.16. The maximum atomic E-state index is 12.4. The van der Waals surface area contributed by atoms with Gasteiger partial charge in [-0.05, 0) is 56.1 Å². The Morgan fingerprint density at radius 3 is 2.56 bits per heavy atom. The number of carbonyl (C=O) groups is 1. The number of carbonyl (C=O) groups excluding carboxylic acids is 1. The number of hydrogen-bond donors (Lipinski definition) is 2. The topological polar surface area (TPSA) is 60.0 Å². The molecule has 0 aliphatic carbocycles. The highest BCUT2D eigenvalue weighted by molar-refractivity contribution is 14.0. The predicted octanol–water partition coefficient (Wildman–Crippen LogP) is 3.24. The number of benzene rings is 2. The number of nitrogens with zero attached hydrogens (tertiary/aromatic N) is 3. The van der Waals surface area contributed by atoms with Crippen LogP contribution in [0.2, 0.25) is 0 Å². The molecule has 1 aliphatic rings. The molecule has 1 saturated heterocycles. The lowest BCUT2D eigenvalue weighted by Gasteiger charge is -2.22. The molecule has 2 aromatic rings. The number of halogens is 1. The van der Waals surface area contributed by atoms with Crippen molar-refractivity contribution >= 4 is 35.8 Å². The number of hydrogen-bond acceptors (Lipinski definition) is 3. The van der Waals surface area contributed by atoms with Crippen LogP contribution in [0, 0.1) is 5.92 Å². The van der Waals surface area contributed by atoms with Gasteiger partial charge in [-0.25, -0.2) is 0 Å². The smallest absolute Gasteiger partial charge is 0.251 e. The van der Waals surface area contributed by atoms with E-state index in [2.05, 4.69) is 55.8 Å². The molecule has 1 atom stereocenters. The molecule has 3 rings (SSSR count). The Hall–Kier alpha value is -2.13. The summed E-state index contributed by atoms with van der Waals surface area (Å²) < 4.78 is 0. The van der Waals surface area contributed by atoms with Crippen LogP contribution < -0.4 is 10.6 Å². The fraction of sp³-hybridized carbons (Fsp3) is 0.440. The highest BCUT2D eigenvalue weighted by atomic mass is 127. The molecular weight excluding hydrogens is 513 g/mol. The number of rotatable bonds is 8. The molecule has 6 nitrogen and oxygen atoms in total. The number of likely N-dealkylation sites (N-methyl/N-ethyl adjacent to an activating group) is 1. The maximum absolute atomic E-state index is 12.4. The second-order valence-corrected chi connectivity index (χ2v) is 8.45. The Labute approximate surface area is 209 Å². The van der Waals surface area contributed by atoms with Gasteiger partial charge in [0.2, 0.25) is 0 Å². The van der Waals surface area contributed by atoms with Gasteiger partial charge in [0.15, 0.2) is 5.96 Å². The largest absolute Gasteiger partial charge is 0.352 e. The van der Waals surface area contributed by atoms with Crippen LogP contribution in [0.15, 0.2) is 59.6 Å².